The Hall–Kier alpha value is -1.56. The molecule has 0 amide bonds. The maximum absolute atomic E-state index is 10.8. The molecule has 1 N–H and O–H groups in total. The van der Waals surface area contributed by atoms with Crippen molar-refractivity contribution >= 4 is 6.08 Å². The zero-order valence-corrected chi connectivity index (χ0v) is 13.9. The highest BCUT2D eigenvalue weighted by Crippen LogP contribution is 2.35. The number of aliphatic hydroxyl groups excluding tert-OH is 1. The molecule has 1 aliphatic carbocycles. The van der Waals surface area contributed by atoms with Crippen LogP contribution in [-0.4, -0.2) is 55.8 Å². The highest BCUT2D eigenvalue weighted by Gasteiger charge is 2.29. The summed E-state index contributed by atoms with van der Waals surface area (Å²) in [5, 5.41) is 10.8. The average Bonchev–Trinajstić information content (AvgIpc) is 3.07. The molecule has 2 unspecified atom stereocenters. The normalized spacial score (nSPS) is 29.1. The van der Waals surface area contributed by atoms with Crippen LogP contribution in [0, 0.1) is 5.92 Å². The predicted octanol–water partition coefficient (Wildman–Crippen LogP) is 2.29. The molecule has 0 spiro atoms. The Balaban J connectivity index is 1.46. The first-order valence-electron chi connectivity index (χ1n) is 8.88. The van der Waals surface area contributed by atoms with E-state index in [2.05, 4.69) is 11.0 Å². The van der Waals surface area contributed by atoms with Crippen LogP contribution >= 0.6 is 0 Å². The molecule has 0 aromatic heterocycles. The van der Waals surface area contributed by atoms with Crippen molar-refractivity contribution in [2.75, 3.05) is 39.6 Å². The van der Waals surface area contributed by atoms with Crippen molar-refractivity contribution in [2.24, 2.45) is 5.92 Å². The first-order chi connectivity index (χ1) is 11.8. The van der Waals surface area contributed by atoms with E-state index in [-0.39, 0.29) is 6.10 Å². The minimum atomic E-state index is -0.355. The summed E-state index contributed by atoms with van der Waals surface area (Å²) in [5.74, 6) is 1.91. The standard InChI is InChI=1S/C19H25NO4/c21-19-15(10-14-4-5-17-18(11-14)24-13-23-17)2-1-3-16(19)12-20-6-8-22-9-7-20/h4-5,10-11,16,19,21H,1-3,6-9,12-13H2/b15-10-. The fourth-order valence-corrected chi connectivity index (χ4v) is 3.86. The quantitative estimate of drug-likeness (QED) is 0.921. The van der Waals surface area contributed by atoms with Crippen molar-refractivity contribution in [2.45, 2.75) is 25.4 Å². The van der Waals surface area contributed by atoms with Gasteiger partial charge in [0.15, 0.2) is 11.5 Å². The number of hydrogen-bond donors (Lipinski definition) is 1. The summed E-state index contributed by atoms with van der Waals surface area (Å²) < 4.78 is 16.2. The molecule has 1 saturated carbocycles. The van der Waals surface area contributed by atoms with E-state index in [1.165, 1.54) is 0 Å². The molecule has 3 aliphatic rings. The third-order valence-corrected chi connectivity index (χ3v) is 5.21. The number of nitrogens with zero attached hydrogens (tertiary/aromatic N) is 1. The molecule has 130 valence electrons. The second kappa shape index (κ2) is 7.13. The lowest BCUT2D eigenvalue weighted by Gasteiger charge is -2.36. The largest absolute Gasteiger partial charge is 0.454 e. The van der Waals surface area contributed by atoms with Gasteiger partial charge in [0, 0.05) is 25.6 Å². The summed E-state index contributed by atoms with van der Waals surface area (Å²) in [5.41, 5.74) is 2.21. The van der Waals surface area contributed by atoms with Gasteiger partial charge in [-0.15, -0.1) is 0 Å². The maximum atomic E-state index is 10.8. The zero-order chi connectivity index (χ0) is 16.4. The molecule has 4 rings (SSSR count). The molecule has 1 aromatic rings. The van der Waals surface area contributed by atoms with Crippen molar-refractivity contribution in [3.63, 3.8) is 0 Å². The highest BCUT2D eigenvalue weighted by molar-refractivity contribution is 5.59. The Morgan fingerprint density at radius 2 is 2.00 bits per heavy atom. The van der Waals surface area contributed by atoms with Crippen LogP contribution in [0.1, 0.15) is 24.8 Å². The number of ether oxygens (including phenoxy) is 3. The summed E-state index contributed by atoms with van der Waals surface area (Å²) in [6.45, 7) is 4.82. The summed E-state index contributed by atoms with van der Waals surface area (Å²) >= 11 is 0. The van der Waals surface area contributed by atoms with Crippen LogP contribution in [0.15, 0.2) is 23.8 Å². The second-order valence-electron chi connectivity index (χ2n) is 6.84. The molecule has 0 radical (unpaired) electrons. The molecule has 2 fully saturated rings. The lowest BCUT2D eigenvalue weighted by atomic mass is 9.81. The van der Waals surface area contributed by atoms with Gasteiger partial charge in [-0.25, -0.2) is 0 Å². The molecule has 24 heavy (non-hydrogen) atoms. The lowest BCUT2D eigenvalue weighted by Crippen LogP contribution is -2.43. The van der Waals surface area contributed by atoms with E-state index in [1.807, 2.05) is 18.2 Å². The van der Waals surface area contributed by atoms with Gasteiger partial charge in [0.2, 0.25) is 6.79 Å². The van der Waals surface area contributed by atoms with Crippen molar-refractivity contribution < 1.29 is 19.3 Å². The van der Waals surface area contributed by atoms with E-state index in [4.69, 9.17) is 14.2 Å². The van der Waals surface area contributed by atoms with Gasteiger partial charge in [-0.1, -0.05) is 12.1 Å². The first-order valence-corrected chi connectivity index (χ1v) is 8.88. The van der Waals surface area contributed by atoms with E-state index in [0.717, 1.165) is 74.7 Å². The Bertz CT molecular complexity index is 609. The summed E-state index contributed by atoms with van der Waals surface area (Å²) in [7, 11) is 0. The Kier molecular flexibility index (Phi) is 4.74. The minimum Gasteiger partial charge on any atom is -0.454 e. The van der Waals surface area contributed by atoms with Crippen LogP contribution < -0.4 is 9.47 Å². The number of fused-ring (bicyclic) bond motifs is 1. The highest BCUT2D eigenvalue weighted by atomic mass is 16.7. The number of rotatable bonds is 3. The van der Waals surface area contributed by atoms with E-state index in [0.29, 0.717) is 12.7 Å². The smallest absolute Gasteiger partial charge is 0.231 e. The second-order valence-corrected chi connectivity index (χ2v) is 6.84. The van der Waals surface area contributed by atoms with Gasteiger partial charge in [-0.05, 0) is 42.5 Å². The lowest BCUT2D eigenvalue weighted by molar-refractivity contribution is 0.0126. The van der Waals surface area contributed by atoms with Crippen molar-refractivity contribution in [1.82, 2.24) is 4.90 Å². The van der Waals surface area contributed by atoms with Crippen molar-refractivity contribution in [1.29, 1.82) is 0 Å². The third-order valence-electron chi connectivity index (χ3n) is 5.21. The number of benzene rings is 1. The van der Waals surface area contributed by atoms with E-state index in [9.17, 15) is 5.11 Å². The molecular formula is C19H25NO4. The topological polar surface area (TPSA) is 51.2 Å². The molecular weight excluding hydrogens is 306 g/mol. The third kappa shape index (κ3) is 3.43. The predicted molar refractivity (Wildman–Crippen MR) is 91.1 cm³/mol. The van der Waals surface area contributed by atoms with Crippen LogP contribution in [0.3, 0.4) is 0 Å². The summed E-state index contributed by atoms with van der Waals surface area (Å²) in [4.78, 5) is 2.42. The van der Waals surface area contributed by atoms with Gasteiger partial charge >= 0.3 is 0 Å². The van der Waals surface area contributed by atoms with E-state index < -0.39 is 0 Å². The monoisotopic (exact) mass is 331 g/mol. The van der Waals surface area contributed by atoms with Gasteiger partial charge in [-0.3, -0.25) is 4.90 Å². The Morgan fingerprint density at radius 1 is 1.17 bits per heavy atom. The van der Waals surface area contributed by atoms with Gasteiger partial charge in [-0.2, -0.15) is 0 Å². The fraction of sp³-hybridized carbons (Fsp3) is 0.579. The number of aliphatic hydroxyl groups is 1. The van der Waals surface area contributed by atoms with Crippen LogP contribution in [0.25, 0.3) is 6.08 Å². The number of hydrogen-bond acceptors (Lipinski definition) is 5. The molecule has 1 aromatic carbocycles. The van der Waals surface area contributed by atoms with Crippen molar-refractivity contribution in [3.8, 4) is 11.5 Å². The minimum absolute atomic E-state index is 0.291. The van der Waals surface area contributed by atoms with Crippen molar-refractivity contribution in [3.05, 3.63) is 29.3 Å². The van der Waals surface area contributed by atoms with Gasteiger partial charge in [0.05, 0.1) is 19.3 Å². The van der Waals surface area contributed by atoms with Crippen LogP contribution in [-0.2, 0) is 4.74 Å². The Morgan fingerprint density at radius 3 is 2.88 bits per heavy atom. The van der Waals surface area contributed by atoms with Crippen LogP contribution in [0.2, 0.25) is 0 Å². The first kappa shape index (κ1) is 15.9. The van der Waals surface area contributed by atoms with Gasteiger partial charge < -0.3 is 19.3 Å². The SMILES string of the molecule is OC1/C(=C\c2ccc3c(c2)OCO3)CCCC1CN1CCOCC1. The van der Waals surface area contributed by atoms with Gasteiger partial charge in [0.25, 0.3) is 0 Å². The fourth-order valence-electron chi connectivity index (χ4n) is 3.86. The van der Waals surface area contributed by atoms with E-state index >= 15 is 0 Å². The maximum Gasteiger partial charge on any atom is 0.231 e. The zero-order valence-electron chi connectivity index (χ0n) is 13.9. The summed E-state index contributed by atoms with van der Waals surface area (Å²) in [6, 6.07) is 5.96. The average molecular weight is 331 g/mol. The van der Waals surface area contributed by atoms with E-state index in [1.54, 1.807) is 0 Å². The molecule has 5 nitrogen and oxygen atoms in total. The Labute approximate surface area is 142 Å². The van der Waals surface area contributed by atoms with Crippen LogP contribution in [0.4, 0.5) is 0 Å². The molecule has 5 heteroatoms. The molecule has 2 atom stereocenters. The number of morpholine rings is 1. The summed E-state index contributed by atoms with van der Waals surface area (Å²) in [6.07, 6.45) is 4.97. The molecule has 1 saturated heterocycles. The van der Waals surface area contributed by atoms with Gasteiger partial charge in [0.1, 0.15) is 0 Å². The molecule has 0 bridgehead atoms. The molecule has 2 aliphatic heterocycles. The molecule has 2 heterocycles. The van der Waals surface area contributed by atoms with Crippen LogP contribution in [0.5, 0.6) is 11.5 Å².